The minimum absolute atomic E-state index is 0.160. The number of nitrogens with zero attached hydrogens (tertiary/aromatic N) is 2. The highest BCUT2D eigenvalue weighted by molar-refractivity contribution is 9.10. The van der Waals surface area contributed by atoms with Crippen molar-refractivity contribution in [2.75, 3.05) is 18.4 Å². The number of thiazole rings is 1. The molecule has 2 heterocycles. The molecule has 1 aromatic rings. The monoisotopic (exact) mass is 437 g/mol. The van der Waals surface area contributed by atoms with Gasteiger partial charge in [-0.25, -0.2) is 4.98 Å². The zero-order valence-electron chi connectivity index (χ0n) is 15.3. The fourth-order valence-electron chi connectivity index (χ4n) is 6.43. The molecule has 0 aromatic carbocycles. The maximum atomic E-state index is 13.2. The third kappa shape index (κ3) is 3.26. The average Bonchev–Trinajstić information content (AvgIpc) is 3.00. The number of hydrogen-bond donors (Lipinski definition) is 1. The summed E-state index contributed by atoms with van der Waals surface area (Å²) in [6, 6.07) is 0. The second kappa shape index (κ2) is 6.56. The third-order valence-corrected chi connectivity index (χ3v) is 8.81. The lowest BCUT2D eigenvalue weighted by Gasteiger charge is -2.59. The Labute approximate surface area is 168 Å². The number of halogens is 1. The predicted molar refractivity (Wildman–Crippen MR) is 109 cm³/mol. The summed E-state index contributed by atoms with van der Waals surface area (Å²) in [5, 5.41) is 6.12. The number of carbonyl (C=O) groups is 1. The van der Waals surface area contributed by atoms with Crippen molar-refractivity contribution in [2.24, 2.45) is 17.3 Å². The van der Waals surface area contributed by atoms with Gasteiger partial charge in [-0.05, 0) is 76.3 Å². The first kappa shape index (κ1) is 17.6. The molecule has 1 saturated heterocycles. The number of nitrogens with one attached hydrogen (secondary N) is 1. The van der Waals surface area contributed by atoms with E-state index in [2.05, 4.69) is 31.5 Å². The first-order valence-corrected chi connectivity index (χ1v) is 11.9. The van der Waals surface area contributed by atoms with E-state index in [1.54, 1.807) is 11.3 Å². The van der Waals surface area contributed by atoms with Crippen molar-refractivity contribution in [2.45, 2.75) is 68.7 Å². The number of amides is 1. The number of aromatic nitrogens is 1. The van der Waals surface area contributed by atoms with Gasteiger partial charge in [0, 0.05) is 16.2 Å². The number of rotatable bonds is 4. The molecular formula is C20H28BrN3OS. The van der Waals surface area contributed by atoms with Crippen LogP contribution in [0.25, 0.3) is 0 Å². The zero-order chi connectivity index (χ0) is 17.8. The molecule has 1 amide bonds. The van der Waals surface area contributed by atoms with Crippen molar-refractivity contribution >= 4 is 38.3 Å². The van der Waals surface area contributed by atoms with Gasteiger partial charge in [-0.1, -0.05) is 22.4 Å². The summed E-state index contributed by atoms with van der Waals surface area (Å²) in [4.78, 5) is 20.4. The predicted octanol–water partition coefficient (Wildman–Crippen LogP) is 4.80. The van der Waals surface area contributed by atoms with Gasteiger partial charge in [0.15, 0.2) is 5.13 Å². The summed E-state index contributed by atoms with van der Waals surface area (Å²) < 4.78 is 0.219. The number of carbonyl (C=O) groups excluding carboxylic acids is 1. The van der Waals surface area contributed by atoms with E-state index in [1.807, 2.05) is 0 Å². The second-order valence-corrected chi connectivity index (χ2v) is 11.9. The van der Waals surface area contributed by atoms with E-state index in [9.17, 15) is 4.79 Å². The molecule has 4 nitrogen and oxygen atoms in total. The van der Waals surface area contributed by atoms with Crippen LogP contribution in [0.1, 0.15) is 63.5 Å². The number of likely N-dealkylation sites (tertiary alicyclic amines) is 1. The van der Waals surface area contributed by atoms with Crippen molar-refractivity contribution in [1.29, 1.82) is 0 Å². The van der Waals surface area contributed by atoms with E-state index in [-0.39, 0.29) is 15.6 Å². The van der Waals surface area contributed by atoms with E-state index in [0.717, 1.165) is 48.5 Å². The van der Waals surface area contributed by atoms with Crippen LogP contribution in [-0.2, 0) is 11.3 Å². The second-order valence-electron chi connectivity index (χ2n) is 9.33. The number of hydrogen-bond acceptors (Lipinski definition) is 4. The fraction of sp³-hybridized carbons (Fsp3) is 0.800. The topological polar surface area (TPSA) is 45.2 Å². The van der Waals surface area contributed by atoms with Crippen LogP contribution in [0.5, 0.6) is 0 Å². The fourth-order valence-corrected chi connectivity index (χ4v) is 8.58. The summed E-state index contributed by atoms with van der Waals surface area (Å²) in [6.45, 7) is 3.28. The molecule has 142 valence electrons. The van der Waals surface area contributed by atoms with Crippen LogP contribution in [0.2, 0.25) is 0 Å². The van der Waals surface area contributed by atoms with E-state index in [0.29, 0.717) is 0 Å². The van der Waals surface area contributed by atoms with Crippen LogP contribution >= 0.6 is 27.3 Å². The molecule has 1 aliphatic heterocycles. The first-order chi connectivity index (χ1) is 12.5. The van der Waals surface area contributed by atoms with Gasteiger partial charge >= 0.3 is 0 Å². The molecule has 4 bridgehead atoms. The lowest BCUT2D eigenvalue weighted by atomic mass is 9.49. The molecule has 4 saturated carbocycles. The zero-order valence-corrected chi connectivity index (χ0v) is 17.7. The molecule has 5 fully saturated rings. The molecule has 1 aromatic heterocycles. The SMILES string of the molecule is O=C(Nc1nc(CN2CCCCC2)cs1)C12CC3CC(CC(Br)(C3)C1)C2. The Kier molecular flexibility index (Phi) is 4.45. The lowest BCUT2D eigenvalue weighted by molar-refractivity contribution is -0.138. The maximum absolute atomic E-state index is 13.2. The minimum Gasteiger partial charge on any atom is -0.301 e. The molecule has 0 radical (unpaired) electrons. The van der Waals surface area contributed by atoms with Gasteiger partial charge in [0.25, 0.3) is 0 Å². The van der Waals surface area contributed by atoms with Crippen LogP contribution in [0.3, 0.4) is 0 Å². The van der Waals surface area contributed by atoms with Gasteiger partial charge < -0.3 is 5.32 Å². The van der Waals surface area contributed by atoms with E-state index in [1.165, 1.54) is 51.6 Å². The molecule has 1 N–H and O–H groups in total. The summed E-state index contributed by atoms with van der Waals surface area (Å²) in [5.74, 6) is 1.69. The van der Waals surface area contributed by atoms with Crippen LogP contribution in [0.4, 0.5) is 5.13 Å². The minimum atomic E-state index is -0.160. The average molecular weight is 438 g/mol. The Morgan fingerprint density at radius 1 is 1.23 bits per heavy atom. The van der Waals surface area contributed by atoms with Crippen molar-refractivity contribution in [1.82, 2.24) is 9.88 Å². The molecule has 6 heteroatoms. The van der Waals surface area contributed by atoms with Gasteiger partial charge in [0.05, 0.1) is 11.1 Å². The normalized spacial score (nSPS) is 39.3. The Balaban J connectivity index is 1.26. The van der Waals surface area contributed by atoms with Crippen LogP contribution in [0.15, 0.2) is 5.38 Å². The lowest BCUT2D eigenvalue weighted by Crippen LogP contribution is -2.57. The van der Waals surface area contributed by atoms with Crippen molar-refractivity contribution in [3.8, 4) is 0 Å². The Morgan fingerprint density at radius 2 is 1.96 bits per heavy atom. The van der Waals surface area contributed by atoms with Gasteiger partial charge in [0.2, 0.25) is 5.91 Å². The van der Waals surface area contributed by atoms with Gasteiger partial charge in [-0.3, -0.25) is 9.69 Å². The maximum Gasteiger partial charge on any atom is 0.232 e. The molecule has 4 aliphatic carbocycles. The summed E-state index contributed by atoms with van der Waals surface area (Å²) in [6.07, 6.45) is 11.0. The van der Waals surface area contributed by atoms with E-state index in [4.69, 9.17) is 4.98 Å². The van der Waals surface area contributed by atoms with Crippen LogP contribution in [0, 0.1) is 17.3 Å². The smallest absolute Gasteiger partial charge is 0.232 e. The van der Waals surface area contributed by atoms with Crippen LogP contribution in [-0.4, -0.2) is 33.2 Å². The van der Waals surface area contributed by atoms with E-state index >= 15 is 0 Å². The summed E-state index contributed by atoms with van der Waals surface area (Å²) >= 11 is 5.60. The summed E-state index contributed by atoms with van der Waals surface area (Å²) in [5.41, 5.74) is 0.946. The highest BCUT2D eigenvalue weighted by Gasteiger charge is 2.59. The van der Waals surface area contributed by atoms with Gasteiger partial charge in [0.1, 0.15) is 0 Å². The van der Waals surface area contributed by atoms with Gasteiger partial charge in [-0.15, -0.1) is 11.3 Å². The molecule has 0 spiro atoms. The van der Waals surface area contributed by atoms with Crippen molar-refractivity contribution in [3.05, 3.63) is 11.1 Å². The molecular weight excluding hydrogens is 410 g/mol. The molecule has 5 aliphatic rings. The highest BCUT2D eigenvalue weighted by Crippen LogP contribution is 2.64. The van der Waals surface area contributed by atoms with Gasteiger partial charge in [-0.2, -0.15) is 0 Å². The molecule has 2 atom stereocenters. The van der Waals surface area contributed by atoms with Crippen LogP contribution < -0.4 is 5.32 Å². The molecule has 26 heavy (non-hydrogen) atoms. The third-order valence-electron chi connectivity index (χ3n) is 7.08. The molecule has 2 unspecified atom stereocenters. The van der Waals surface area contributed by atoms with Crippen molar-refractivity contribution in [3.63, 3.8) is 0 Å². The Bertz CT molecular complexity index is 685. The van der Waals surface area contributed by atoms with Crippen molar-refractivity contribution < 1.29 is 4.79 Å². The number of alkyl halides is 1. The number of piperidine rings is 1. The molecule has 6 rings (SSSR count). The standard InChI is InChI=1S/C20H28BrN3OS/c21-20-9-14-6-15(10-20)8-19(7-14,13-20)17(25)23-18-22-16(12-26-18)11-24-4-2-1-3-5-24/h12,14-15H,1-11,13H2,(H,22,23,25). The Morgan fingerprint density at radius 3 is 2.65 bits per heavy atom. The highest BCUT2D eigenvalue weighted by atomic mass is 79.9. The largest absolute Gasteiger partial charge is 0.301 e. The first-order valence-electron chi connectivity index (χ1n) is 10.2. The number of anilines is 1. The quantitative estimate of drug-likeness (QED) is 0.687. The Hall–Kier alpha value is -0.460. The summed E-state index contributed by atoms with van der Waals surface area (Å²) in [7, 11) is 0. The van der Waals surface area contributed by atoms with E-state index < -0.39 is 0 Å².